The fourth-order valence-electron chi connectivity index (χ4n) is 3.86. The molecule has 0 rings (SSSR count). The molecule has 2 N–H and O–H groups in total. The maximum atomic E-state index is 5.64. The lowest BCUT2D eigenvalue weighted by atomic mass is 10.1. The van der Waals surface area contributed by atoms with Crippen LogP contribution in [0.15, 0.2) is 0 Å². The first-order valence-corrected chi connectivity index (χ1v) is 16.9. The van der Waals surface area contributed by atoms with E-state index in [-0.39, 0.29) is 0 Å². The molecule has 0 aromatic heterocycles. The van der Waals surface area contributed by atoms with Gasteiger partial charge < -0.3 is 53.1 Å². The molecule has 11 nitrogen and oxygen atoms in total. The van der Waals surface area contributed by atoms with Crippen molar-refractivity contribution in [2.24, 2.45) is 5.73 Å². The van der Waals surface area contributed by atoms with Crippen LogP contribution in [-0.4, -0.2) is 139 Å². The average molecular weight is 626 g/mol. The Hall–Kier alpha value is -0.440. The zero-order chi connectivity index (χ0) is 31.0. The molecule has 0 saturated heterocycles. The standard InChI is InChI=1S/C32H67NO10/c1-2-3-4-5-6-7-8-9-10-11-13-34-15-17-36-19-21-38-23-25-40-27-29-42-31-32-43-30-28-41-26-24-39-22-20-37-18-16-35-14-12-33/h2-33H2,1H3. The summed E-state index contributed by atoms with van der Waals surface area (Å²) in [6.07, 6.45) is 13.4. The van der Waals surface area contributed by atoms with Crippen molar-refractivity contribution in [1.29, 1.82) is 0 Å². The van der Waals surface area contributed by atoms with E-state index in [0.717, 1.165) is 13.0 Å². The summed E-state index contributed by atoms with van der Waals surface area (Å²) in [6.45, 7) is 14.1. The predicted octanol–water partition coefficient (Wildman–Crippen LogP) is 4.03. The fourth-order valence-corrected chi connectivity index (χ4v) is 3.86. The van der Waals surface area contributed by atoms with Gasteiger partial charge in [0.2, 0.25) is 0 Å². The molecule has 11 heteroatoms. The van der Waals surface area contributed by atoms with Gasteiger partial charge in [-0.05, 0) is 6.42 Å². The number of nitrogens with two attached hydrogens (primary N) is 1. The minimum Gasteiger partial charge on any atom is -0.379 e. The molecule has 0 saturated carbocycles. The maximum absolute atomic E-state index is 5.64. The van der Waals surface area contributed by atoms with Crippen molar-refractivity contribution in [3.63, 3.8) is 0 Å². The Morgan fingerprint density at radius 3 is 0.721 bits per heavy atom. The number of rotatable bonds is 40. The van der Waals surface area contributed by atoms with Gasteiger partial charge in [0.25, 0.3) is 0 Å². The molecular weight excluding hydrogens is 558 g/mol. The molecule has 260 valence electrons. The SMILES string of the molecule is CCCCCCCCCCCCOCCOCCOCCOCCOCCOCCOCCOCCOCCOCCN. The van der Waals surface area contributed by atoms with Crippen LogP contribution >= 0.6 is 0 Å². The number of unbranched alkanes of at least 4 members (excludes halogenated alkanes) is 9. The van der Waals surface area contributed by atoms with Crippen molar-refractivity contribution in [2.75, 3.05) is 139 Å². The smallest absolute Gasteiger partial charge is 0.0701 e. The van der Waals surface area contributed by atoms with Crippen LogP contribution < -0.4 is 5.73 Å². The van der Waals surface area contributed by atoms with Crippen LogP contribution in [-0.2, 0) is 47.4 Å². The summed E-state index contributed by atoms with van der Waals surface area (Å²) in [7, 11) is 0. The van der Waals surface area contributed by atoms with E-state index < -0.39 is 0 Å². The van der Waals surface area contributed by atoms with Crippen molar-refractivity contribution in [3.8, 4) is 0 Å². The Morgan fingerprint density at radius 1 is 0.256 bits per heavy atom. The second kappa shape index (κ2) is 41.6. The lowest BCUT2D eigenvalue weighted by Gasteiger charge is -2.09. The largest absolute Gasteiger partial charge is 0.379 e. The van der Waals surface area contributed by atoms with Crippen LogP contribution in [0.5, 0.6) is 0 Å². The van der Waals surface area contributed by atoms with Crippen LogP contribution in [0.1, 0.15) is 71.1 Å². The van der Waals surface area contributed by atoms with Crippen molar-refractivity contribution in [1.82, 2.24) is 0 Å². The molecule has 0 unspecified atom stereocenters. The summed E-state index contributed by atoms with van der Waals surface area (Å²) in [4.78, 5) is 0. The van der Waals surface area contributed by atoms with Crippen molar-refractivity contribution < 1.29 is 47.4 Å². The van der Waals surface area contributed by atoms with Gasteiger partial charge >= 0.3 is 0 Å². The van der Waals surface area contributed by atoms with E-state index in [1.807, 2.05) is 0 Å². The quantitative estimate of drug-likeness (QED) is 0.0995. The van der Waals surface area contributed by atoms with Gasteiger partial charge in [-0.2, -0.15) is 0 Å². The van der Waals surface area contributed by atoms with E-state index in [4.69, 9.17) is 53.1 Å². The van der Waals surface area contributed by atoms with Gasteiger partial charge in [-0.1, -0.05) is 64.7 Å². The number of hydrogen-bond acceptors (Lipinski definition) is 11. The molecule has 0 atom stereocenters. The topological polar surface area (TPSA) is 118 Å². The van der Waals surface area contributed by atoms with Crippen LogP contribution in [0.4, 0.5) is 0 Å². The molecule has 0 aliphatic rings. The van der Waals surface area contributed by atoms with Gasteiger partial charge in [0.1, 0.15) is 0 Å². The first kappa shape index (κ1) is 42.6. The normalized spacial score (nSPS) is 11.6. The van der Waals surface area contributed by atoms with Gasteiger partial charge in [-0.15, -0.1) is 0 Å². The molecular formula is C32H67NO10. The predicted molar refractivity (Wildman–Crippen MR) is 169 cm³/mol. The Morgan fingerprint density at radius 2 is 0.465 bits per heavy atom. The number of hydrogen-bond donors (Lipinski definition) is 1. The van der Waals surface area contributed by atoms with E-state index in [1.165, 1.54) is 57.8 Å². The summed E-state index contributed by atoms with van der Waals surface area (Å²) >= 11 is 0. The molecule has 0 amide bonds. The lowest BCUT2D eigenvalue weighted by Crippen LogP contribution is -2.15. The summed E-state index contributed by atoms with van der Waals surface area (Å²) in [5, 5.41) is 0. The Kier molecular flexibility index (Phi) is 41.1. The second-order valence-corrected chi connectivity index (χ2v) is 10.1. The third-order valence-electron chi connectivity index (χ3n) is 6.25. The Balaban J connectivity index is 3.02. The van der Waals surface area contributed by atoms with Gasteiger partial charge in [-0.3, -0.25) is 0 Å². The first-order valence-electron chi connectivity index (χ1n) is 16.9. The minimum absolute atomic E-state index is 0.527. The molecule has 0 spiro atoms. The summed E-state index contributed by atoms with van der Waals surface area (Å²) in [5.41, 5.74) is 5.33. The van der Waals surface area contributed by atoms with Crippen LogP contribution in [0.3, 0.4) is 0 Å². The lowest BCUT2D eigenvalue weighted by molar-refractivity contribution is -0.0263. The third kappa shape index (κ3) is 41.6. The fraction of sp³-hybridized carbons (Fsp3) is 1.00. The Labute approximate surface area is 263 Å². The van der Waals surface area contributed by atoms with Crippen LogP contribution in [0.2, 0.25) is 0 Å². The zero-order valence-electron chi connectivity index (χ0n) is 27.6. The highest BCUT2D eigenvalue weighted by atomic mass is 16.6. The highest BCUT2D eigenvalue weighted by molar-refractivity contribution is 4.47. The molecule has 0 bridgehead atoms. The Bertz CT molecular complexity index is 439. The molecule has 0 aliphatic heterocycles. The van der Waals surface area contributed by atoms with Crippen molar-refractivity contribution in [3.05, 3.63) is 0 Å². The third-order valence-corrected chi connectivity index (χ3v) is 6.25. The summed E-state index contributed by atoms with van der Waals surface area (Å²) < 4.78 is 54.6. The van der Waals surface area contributed by atoms with Gasteiger partial charge in [0.05, 0.1) is 126 Å². The van der Waals surface area contributed by atoms with Crippen molar-refractivity contribution in [2.45, 2.75) is 71.1 Å². The van der Waals surface area contributed by atoms with Crippen LogP contribution in [0.25, 0.3) is 0 Å². The molecule has 0 aromatic carbocycles. The van der Waals surface area contributed by atoms with Gasteiger partial charge in [0, 0.05) is 13.2 Å². The summed E-state index contributed by atoms with van der Waals surface area (Å²) in [5.74, 6) is 0. The average Bonchev–Trinajstić information content (AvgIpc) is 3.02. The highest BCUT2D eigenvalue weighted by Crippen LogP contribution is 2.10. The van der Waals surface area contributed by atoms with Crippen molar-refractivity contribution >= 4 is 0 Å². The molecule has 0 radical (unpaired) electrons. The van der Waals surface area contributed by atoms with E-state index in [1.54, 1.807) is 0 Å². The monoisotopic (exact) mass is 625 g/mol. The second-order valence-electron chi connectivity index (χ2n) is 10.1. The van der Waals surface area contributed by atoms with Gasteiger partial charge in [0.15, 0.2) is 0 Å². The van der Waals surface area contributed by atoms with E-state index in [2.05, 4.69) is 6.92 Å². The number of ether oxygens (including phenoxy) is 10. The van der Waals surface area contributed by atoms with Gasteiger partial charge in [-0.25, -0.2) is 0 Å². The molecule has 0 aliphatic carbocycles. The molecule has 0 fully saturated rings. The first-order chi connectivity index (χ1) is 21.4. The van der Waals surface area contributed by atoms with Crippen LogP contribution in [0, 0.1) is 0 Å². The van der Waals surface area contributed by atoms with E-state index in [9.17, 15) is 0 Å². The molecule has 43 heavy (non-hydrogen) atoms. The van der Waals surface area contributed by atoms with E-state index >= 15 is 0 Å². The molecule has 0 aromatic rings. The zero-order valence-corrected chi connectivity index (χ0v) is 27.6. The summed E-state index contributed by atoms with van der Waals surface area (Å²) in [6, 6.07) is 0. The minimum atomic E-state index is 0.527. The maximum Gasteiger partial charge on any atom is 0.0701 e. The highest BCUT2D eigenvalue weighted by Gasteiger charge is 1.97. The van der Waals surface area contributed by atoms with E-state index in [0.29, 0.717) is 132 Å². The molecule has 0 heterocycles.